The molecule has 0 saturated carbocycles. The summed E-state index contributed by atoms with van der Waals surface area (Å²) in [5.41, 5.74) is 6.68. The fourth-order valence-electron chi connectivity index (χ4n) is 3.13. The Balaban J connectivity index is 1.83. The molecule has 5 heteroatoms. The standard InChI is InChI=1S/C16H27N3O2/c17-8-9-18-16(21)14-7-4-10-19(12-14)15(20)11-13-5-2-1-3-6-13/h5,14H,1-4,6-12,17H2,(H,18,21). The van der Waals surface area contributed by atoms with Gasteiger partial charge in [0.25, 0.3) is 0 Å². The molecule has 1 aliphatic carbocycles. The number of piperidine rings is 1. The van der Waals surface area contributed by atoms with Crippen molar-refractivity contribution in [3.05, 3.63) is 11.6 Å². The monoisotopic (exact) mass is 293 g/mol. The molecule has 0 aromatic rings. The Kier molecular flexibility index (Phi) is 6.23. The van der Waals surface area contributed by atoms with Gasteiger partial charge in [0.05, 0.1) is 5.92 Å². The van der Waals surface area contributed by atoms with Gasteiger partial charge >= 0.3 is 0 Å². The summed E-state index contributed by atoms with van der Waals surface area (Å²) < 4.78 is 0. The first kappa shape index (κ1) is 16.0. The van der Waals surface area contributed by atoms with Gasteiger partial charge in [-0.2, -0.15) is 0 Å². The first-order chi connectivity index (χ1) is 10.2. The summed E-state index contributed by atoms with van der Waals surface area (Å²) in [6, 6.07) is 0. The highest BCUT2D eigenvalue weighted by atomic mass is 16.2. The molecule has 0 radical (unpaired) electrons. The van der Waals surface area contributed by atoms with Crippen LogP contribution in [-0.4, -0.2) is 42.9 Å². The Morgan fingerprint density at radius 2 is 2.19 bits per heavy atom. The molecule has 3 N–H and O–H groups in total. The average molecular weight is 293 g/mol. The van der Waals surface area contributed by atoms with E-state index in [0.717, 1.165) is 32.2 Å². The highest BCUT2D eigenvalue weighted by Crippen LogP contribution is 2.23. The second-order valence-corrected chi connectivity index (χ2v) is 6.04. The van der Waals surface area contributed by atoms with Crippen LogP contribution in [0.1, 0.15) is 44.9 Å². The fraction of sp³-hybridized carbons (Fsp3) is 0.750. The van der Waals surface area contributed by atoms with Gasteiger partial charge in [0.1, 0.15) is 0 Å². The van der Waals surface area contributed by atoms with Crippen LogP contribution in [0.3, 0.4) is 0 Å². The molecule has 21 heavy (non-hydrogen) atoms. The molecule has 0 bridgehead atoms. The van der Waals surface area contributed by atoms with Gasteiger partial charge in [0.2, 0.25) is 11.8 Å². The molecule has 5 nitrogen and oxygen atoms in total. The van der Waals surface area contributed by atoms with Crippen molar-refractivity contribution in [3.8, 4) is 0 Å². The summed E-state index contributed by atoms with van der Waals surface area (Å²) in [5, 5.41) is 2.83. The highest BCUT2D eigenvalue weighted by Gasteiger charge is 2.28. The van der Waals surface area contributed by atoms with Crippen LogP contribution in [0.15, 0.2) is 11.6 Å². The summed E-state index contributed by atoms with van der Waals surface area (Å²) in [6.45, 7) is 2.31. The van der Waals surface area contributed by atoms with Crippen LogP contribution in [-0.2, 0) is 9.59 Å². The molecule has 1 aliphatic heterocycles. The summed E-state index contributed by atoms with van der Waals surface area (Å²) >= 11 is 0. The first-order valence-corrected chi connectivity index (χ1v) is 8.14. The first-order valence-electron chi connectivity index (χ1n) is 8.14. The van der Waals surface area contributed by atoms with Crippen molar-refractivity contribution < 1.29 is 9.59 Å². The number of allylic oxidation sites excluding steroid dienone is 1. The van der Waals surface area contributed by atoms with Crippen LogP contribution in [0.5, 0.6) is 0 Å². The summed E-state index contributed by atoms with van der Waals surface area (Å²) in [6.07, 6.45) is 9.13. The number of rotatable bonds is 5. The smallest absolute Gasteiger partial charge is 0.226 e. The zero-order valence-corrected chi connectivity index (χ0v) is 12.8. The largest absolute Gasteiger partial charge is 0.355 e. The number of amides is 2. The van der Waals surface area contributed by atoms with E-state index in [-0.39, 0.29) is 17.7 Å². The van der Waals surface area contributed by atoms with Crippen LogP contribution in [0.4, 0.5) is 0 Å². The van der Waals surface area contributed by atoms with Crippen molar-refractivity contribution in [1.29, 1.82) is 0 Å². The Hall–Kier alpha value is -1.36. The molecule has 0 spiro atoms. The maximum absolute atomic E-state index is 12.4. The second kappa shape index (κ2) is 8.17. The number of hydrogen-bond acceptors (Lipinski definition) is 3. The van der Waals surface area contributed by atoms with E-state index in [1.54, 1.807) is 0 Å². The molecule has 0 aromatic heterocycles. The van der Waals surface area contributed by atoms with E-state index in [0.29, 0.717) is 26.1 Å². The summed E-state index contributed by atoms with van der Waals surface area (Å²) in [5.74, 6) is 0.142. The van der Waals surface area contributed by atoms with Crippen molar-refractivity contribution in [2.45, 2.75) is 44.9 Å². The SMILES string of the molecule is NCCNC(=O)C1CCCN(C(=O)CC2=CCCCC2)C1. The minimum atomic E-state index is -0.0745. The van der Waals surface area contributed by atoms with Crippen molar-refractivity contribution in [3.63, 3.8) is 0 Å². The van der Waals surface area contributed by atoms with Crippen LogP contribution >= 0.6 is 0 Å². The average Bonchev–Trinajstić information content (AvgIpc) is 2.53. The quantitative estimate of drug-likeness (QED) is 0.748. The fourth-order valence-corrected chi connectivity index (χ4v) is 3.13. The Morgan fingerprint density at radius 1 is 1.33 bits per heavy atom. The van der Waals surface area contributed by atoms with Crippen LogP contribution in [0, 0.1) is 5.92 Å². The molecule has 118 valence electrons. The predicted molar refractivity (Wildman–Crippen MR) is 82.5 cm³/mol. The minimum absolute atomic E-state index is 0.0369. The van der Waals surface area contributed by atoms with E-state index in [1.807, 2.05) is 4.90 Å². The third-order valence-electron chi connectivity index (χ3n) is 4.35. The van der Waals surface area contributed by atoms with Crippen molar-refractivity contribution in [2.24, 2.45) is 11.7 Å². The van der Waals surface area contributed by atoms with E-state index in [2.05, 4.69) is 11.4 Å². The molecular formula is C16H27N3O2. The van der Waals surface area contributed by atoms with Gasteiger partial charge in [-0.15, -0.1) is 0 Å². The topological polar surface area (TPSA) is 75.4 Å². The van der Waals surface area contributed by atoms with Crippen LogP contribution < -0.4 is 11.1 Å². The third-order valence-corrected chi connectivity index (χ3v) is 4.35. The van der Waals surface area contributed by atoms with E-state index in [4.69, 9.17) is 5.73 Å². The predicted octanol–water partition coefficient (Wildman–Crippen LogP) is 1.19. The molecule has 2 amide bonds. The number of nitrogens with two attached hydrogens (primary N) is 1. The van der Waals surface area contributed by atoms with Crippen LogP contribution in [0.2, 0.25) is 0 Å². The Morgan fingerprint density at radius 3 is 2.90 bits per heavy atom. The molecule has 1 atom stereocenters. The third kappa shape index (κ3) is 4.84. The van der Waals surface area contributed by atoms with Gasteiger partial charge < -0.3 is 16.0 Å². The number of likely N-dealkylation sites (tertiary alicyclic amines) is 1. The Bertz CT molecular complexity index is 406. The molecule has 2 aliphatic rings. The summed E-state index contributed by atoms with van der Waals surface area (Å²) in [7, 11) is 0. The minimum Gasteiger partial charge on any atom is -0.355 e. The van der Waals surface area contributed by atoms with Crippen molar-refractivity contribution in [2.75, 3.05) is 26.2 Å². The van der Waals surface area contributed by atoms with Gasteiger partial charge in [0.15, 0.2) is 0 Å². The molecule has 1 saturated heterocycles. The van der Waals surface area contributed by atoms with Crippen molar-refractivity contribution in [1.82, 2.24) is 10.2 Å². The Labute approximate surface area is 126 Å². The maximum Gasteiger partial charge on any atom is 0.226 e. The normalized spacial score (nSPS) is 22.6. The summed E-state index contributed by atoms with van der Waals surface area (Å²) in [4.78, 5) is 26.2. The van der Waals surface area contributed by atoms with E-state index in [1.165, 1.54) is 18.4 Å². The van der Waals surface area contributed by atoms with E-state index >= 15 is 0 Å². The van der Waals surface area contributed by atoms with Gasteiger partial charge in [-0.3, -0.25) is 9.59 Å². The lowest BCUT2D eigenvalue weighted by Gasteiger charge is -2.32. The molecule has 1 unspecified atom stereocenters. The van der Waals surface area contributed by atoms with Gasteiger partial charge in [-0.1, -0.05) is 11.6 Å². The molecule has 2 rings (SSSR count). The lowest BCUT2D eigenvalue weighted by atomic mass is 9.94. The number of carbonyl (C=O) groups excluding carboxylic acids is 2. The van der Waals surface area contributed by atoms with Crippen LogP contribution in [0.25, 0.3) is 0 Å². The molecule has 1 heterocycles. The second-order valence-electron chi connectivity index (χ2n) is 6.04. The molecular weight excluding hydrogens is 266 g/mol. The lowest BCUT2D eigenvalue weighted by molar-refractivity contribution is -0.135. The number of carbonyl (C=O) groups is 2. The lowest BCUT2D eigenvalue weighted by Crippen LogP contribution is -2.46. The zero-order valence-electron chi connectivity index (χ0n) is 12.8. The van der Waals surface area contributed by atoms with Gasteiger partial charge in [-0.25, -0.2) is 0 Å². The zero-order chi connectivity index (χ0) is 15.1. The number of hydrogen-bond donors (Lipinski definition) is 2. The number of nitrogens with zero attached hydrogens (tertiary/aromatic N) is 1. The van der Waals surface area contributed by atoms with E-state index < -0.39 is 0 Å². The van der Waals surface area contributed by atoms with Crippen molar-refractivity contribution >= 4 is 11.8 Å². The van der Waals surface area contributed by atoms with E-state index in [9.17, 15) is 9.59 Å². The molecule has 1 fully saturated rings. The van der Waals surface area contributed by atoms with Gasteiger partial charge in [0, 0.05) is 32.6 Å². The molecule has 0 aromatic carbocycles. The highest BCUT2D eigenvalue weighted by molar-refractivity contribution is 5.82. The number of nitrogens with one attached hydrogen (secondary N) is 1. The maximum atomic E-state index is 12.4. The van der Waals surface area contributed by atoms with Gasteiger partial charge in [-0.05, 0) is 38.5 Å².